The van der Waals surface area contributed by atoms with Gasteiger partial charge in [0.15, 0.2) is 0 Å². The van der Waals surface area contributed by atoms with Gasteiger partial charge in [-0.3, -0.25) is 0 Å². The largest absolute Gasteiger partial charge is 0.496 e. The smallest absolute Gasteiger partial charge is 0.126 e. The first-order chi connectivity index (χ1) is 9.78. The van der Waals surface area contributed by atoms with Crippen LogP contribution in [0.1, 0.15) is 31.7 Å². The number of hydrogen-bond donors (Lipinski definition) is 1. The third-order valence-corrected chi connectivity index (χ3v) is 4.72. The first kappa shape index (κ1) is 13.4. The predicted molar refractivity (Wildman–Crippen MR) is 84.2 cm³/mol. The summed E-state index contributed by atoms with van der Waals surface area (Å²) in [7, 11) is 1.73. The third-order valence-electron chi connectivity index (χ3n) is 4.72. The molecule has 2 aromatic carbocycles. The van der Waals surface area contributed by atoms with Gasteiger partial charge in [0.05, 0.1) is 7.11 Å². The molecule has 1 N–H and O–H groups in total. The highest BCUT2D eigenvalue weighted by Gasteiger charge is 2.39. The van der Waals surface area contributed by atoms with E-state index in [0.717, 1.165) is 18.8 Å². The van der Waals surface area contributed by atoms with Crippen LogP contribution in [0.2, 0.25) is 0 Å². The van der Waals surface area contributed by atoms with Crippen LogP contribution in [0.5, 0.6) is 5.75 Å². The molecule has 2 heteroatoms. The van der Waals surface area contributed by atoms with Gasteiger partial charge in [-0.1, -0.05) is 37.3 Å². The van der Waals surface area contributed by atoms with Gasteiger partial charge in [0.1, 0.15) is 5.75 Å². The van der Waals surface area contributed by atoms with Crippen molar-refractivity contribution in [3.63, 3.8) is 0 Å². The Hall–Kier alpha value is -1.54. The van der Waals surface area contributed by atoms with Crippen molar-refractivity contribution in [3.05, 3.63) is 42.0 Å². The van der Waals surface area contributed by atoms with Crippen molar-refractivity contribution in [3.8, 4) is 5.75 Å². The van der Waals surface area contributed by atoms with Crippen molar-refractivity contribution in [2.24, 2.45) is 5.41 Å². The van der Waals surface area contributed by atoms with E-state index in [4.69, 9.17) is 4.74 Å². The van der Waals surface area contributed by atoms with Crippen molar-refractivity contribution >= 4 is 10.8 Å². The van der Waals surface area contributed by atoms with Crippen LogP contribution in [-0.2, 0) is 6.54 Å². The number of nitrogens with one attached hydrogen (secondary N) is 1. The zero-order valence-electron chi connectivity index (χ0n) is 12.4. The van der Waals surface area contributed by atoms with Gasteiger partial charge < -0.3 is 10.1 Å². The molecule has 0 heterocycles. The van der Waals surface area contributed by atoms with Crippen LogP contribution in [0, 0.1) is 5.41 Å². The molecule has 0 radical (unpaired) electrons. The number of methoxy groups -OCH3 is 1. The first-order valence-electron chi connectivity index (χ1n) is 7.53. The zero-order chi connectivity index (χ0) is 14.0. The maximum Gasteiger partial charge on any atom is 0.126 e. The summed E-state index contributed by atoms with van der Waals surface area (Å²) in [5.74, 6) is 0.955. The Balaban J connectivity index is 1.78. The molecule has 2 aromatic rings. The zero-order valence-corrected chi connectivity index (χ0v) is 12.4. The van der Waals surface area contributed by atoms with Gasteiger partial charge >= 0.3 is 0 Å². The molecule has 0 unspecified atom stereocenters. The van der Waals surface area contributed by atoms with Gasteiger partial charge in [0, 0.05) is 18.5 Å². The molecule has 2 nitrogen and oxygen atoms in total. The second kappa shape index (κ2) is 5.45. The number of rotatable bonds is 6. The second-order valence-corrected chi connectivity index (χ2v) is 5.93. The summed E-state index contributed by atoms with van der Waals surface area (Å²) in [5, 5.41) is 6.14. The number of ether oxygens (including phenoxy) is 1. The maximum atomic E-state index is 5.45. The van der Waals surface area contributed by atoms with E-state index in [1.165, 1.54) is 35.6 Å². The molecule has 0 saturated heterocycles. The third kappa shape index (κ3) is 2.53. The fraction of sp³-hybridized carbons (Fsp3) is 0.444. The normalized spacial score (nSPS) is 16.3. The molecule has 0 spiro atoms. The Kier molecular flexibility index (Phi) is 3.66. The van der Waals surface area contributed by atoms with Crippen molar-refractivity contribution in [1.29, 1.82) is 0 Å². The molecule has 20 heavy (non-hydrogen) atoms. The van der Waals surface area contributed by atoms with Crippen LogP contribution < -0.4 is 10.1 Å². The van der Waals surface area contributed by atoms with Crippen LogP contribution in [0.15, 0.2) is 36.4 Å². The monoisotopic (exact) mass is 269 g/mol. The number of benzene rings is 2. The lowest BCUT2D eigenvalue weighted by Gasteiger charge is -2.15. The molecule has 106 valence electrons. The molecule has 0 aromatic heterocycles. The quantitative estimate of drug-likeness (QED) is 0.851. The van der Waals surface area contributed by atoms with Crippen LogP contribution in [0.4, 0.5) is 0 Å². The molecule has 3 rings (SSSR count). The minimum absolute atomic E-state index is 0.599. The lowest BCUT2D eigenvalue weighted by atomic mass is 10.0. The van der Waals surface area contributed by atoms with Crippen LogP contribution in [0.25, 0.3) is 10.8 Å². The molecule has 1 saturated carbocycles. The topological polar surface area (TPSA) is 21.3 Å². The van der Waals surface area contributed by atoms with Gasteiger partial charge in [0.2, 0.25) is 0 Å². The number of hydrogen-bond acceptors (Lipinski definition) is 2. The van der Waals surface area contributed by atoms with E-state index in [0.29, 0.717) is 5.41 Å². The van der Waals surface area contributed by atoms with Gasteiger partial charge in [0.25, 0.3) is 0 Å². The summed E-state index contributed by atoms with van der Waals surface area (Å²) in [6.07, 6.45) is 4.07. The Bertz CT molecular complexity index is 601. The van der Waals surface area contributed by atoms with E-state index < -0.39 is 0 Å². The first-order valence-corrected chi connectivity index (χ1v) is 7.53. The van der Waals surface area contributed by atoms with E-state index in [-0.39, 0.29) is 0 Å². The SMILES string of the molecule is CCC1(CNCc2ccc(OC)c3ccccc23)CC1. The fourth-order valence-corrected chi connectivity index (χ4v) is 2.96. The summed E-state index contributed by atoms with van der Waals surface area (Å²) < 4.78 is 5.45. The Morgan fingerprint density at radius 2 is 1.85 bits per heavy atom. The van der Waals surface area contributed by atoms with E-state index in [2.05, 4.69) is 48.6 Å². The molecule has 1 aliphatic carbocycles. The lowest BCUT2D eigenvalue weighted by Crippen LogP contribution is -2.23. The van der Waals surface area contributed by atoms with Crippen LogP contribution in [-0.4, -0.2) is 13.7 Å². The molecule has 0 amide bonds. The fourth-order valence-electron chi connectivity index (χ4n) is 2.96. The van der Waals surface area contributed by atoms with Crippen LogP contribution >= 0.6 is 0 Å². The van der Waals surface area contributed by atoms with Crippen LogP contribution in [0.3, 0.4) is 0 Å². The van der Waals surface area contributed by atoms with Gasteiger partial charge in [-0.25, -0.2) is 0 Å². The summed E-state index contributed by atoms with van der Waals surface area (Å²) >= 11 is 0. The highest BCUT2D eigenvalue weighted by Crippen LogP contribution is 2.47. The number of fused-ring (bicyclic) bond motifs is 1. The van der Waals surface area contributed by atoms with E-state index in [1.807, 2.05) is 0 Å². The standard InChI is InChI=1S/C18H23NO/c1-3-18(10-11-18)13-19-12-14-8-9-17(20-2)16-7-5-4-6-15(14)16/h4-9,19H,3,10-13H2,1-2H3. The van der Waals surface area contributed by atoms with Crippen molar-refractivity contribution < 1.29 is 4.74 Å². The summed E-state index contributed by atoms with van der Waals surface area (Å²) in [6.45, 7) is 4.38. The highest BCUT2D eigenvalue weighted by atomic mass is 16.5. The lowest BCUT2D eigenvalue weighted by molar-refractivity contribution is 0.419. The van der Waals surface area contributed by atoms with Crippen molar-refractivity contribution in [1.82, 2.24) is 5.32 Å². The highest BCUT2D eigenvalue weighted by molar-refractivity contribution is 5.91. The van der Waals surface area contributed by atoms with E-state index in [9.17, 15) is 0 Å². The summed E-state index contributed by atoms with van der Waals surface area (Å²) in [4.78, 5) is 0. The average Bonchev–Trinajstić information content (AvgIpc) is 3.28. The molecule has 1 fully saturated rings. The predicted octanol–water partition coefficient (Wildman–Crippen LogP) is 4.13. The van der Waals surface area contributed by atoms with Crippen molar-refractivity contribution in [2.75, 3.05) is 13.7 Å². The second-order valence-electron chi connectivity index (χ2n) is 5.93. The minimum Gasteiger partial charge on any atom is -0.496 e. The summed E-state index contributed by atoms with van der Waals surface area (Å²) in [5.41, 5.74) is 1.95. The average molecular weight is 269 g/mol. The van der Waals surface area contributed by atoms with Gasteiger partial charge in [-0.05, 0) is 41.7 Å². The molecular weight excluding hydrogens is 246 g/mol. The Morgan fingerprint density at radius 1 is 1.10 bits per heavy atom. The van der Waals surface area contributed by atoms with Crippen molar-refractivity contribution in [2.45, 2.75) is 32.7 Å². The Morgan fingerprint density at radius 3 is 2.50 bits per heavy atom. The van der Waals surface area contributed by atoms with E-state index in [1.54, 1.807) is 7.11 Å². The van der Waals surface area contributed by atoms with Gasteiger partial charge in [-0.2, -0.15) is 0 Å². The molecule has 0 atom stereocenters. The van der Waals surface area contributed by atoms with Gasteiger partial charge in [-0.15, -0.1) is 0 Å². The molecule has 0 aliphatic heterocycles. The van der Waals surface area contributed by atoms with E-state index >= 15 is 0 Å². The Labute approximate surface area is 121 Å². The molecule has 1 aliphatic rings. The minimum atomic E-state index is 0.599. The maximum absolute atomic E-state index is 5.45. The summed E-state index contributed by atoms with van der Waals surface area (Å²) in [6, 6.07) is 12.7. The molecular formula is C18H23NO. The molecule has 0 bridgehead atoms.